The van der Waals surface area contributed by atoms with Crippen molar-refractivity contribution >= 4 is 29.3 Å². The van der Waals surface area contributed by atoms with Gasteiger partial charge in [0.15, 0.2) is 5.11 Å². The predicted octanol–water partition coefficient (Wildman–Crippen LogP) is 5.24. The van der Waals surface area contributed by atoms with Gasteiger partial charge in [-0.15, -0.1) is 0 Å². The number of thiocarbonyl (C=S) groups is 1. The first-order valence-electron chi connectivity index (χ1n) is 10.3. The summed E-state index contributed by atoms with van der Waals surface area (Å²) in [6, 6.07) is 21.3. The molecule has 5 nitrogen and oxygen atoms in total. The molecule has 1 unspecified atom stereocenters. The first-order chi connectivity index (χ1) is 15.0. The fraction of sp³-hybridized carbons (Fsp3) is 0.200. The van der Waals surface area contributed by atoms with Crippen molar-refractivity contribution in [1.29, 1.82) is 0 Å². The number of hydrogen-bond donors (Lipinski definition) is 1. The van der Waals surface area contributed by atoms with Crippen LogP contribution in [0.3, 0.4) is 0 Å². The van der Waals surface area contributed by atoms with Crippen LogP contribution in [-0.4, -0.2) is 15.9 Å². The molecular weight excluding hydrogens is 408 g/mol. The van der Waals surface area contributed by atoms with Gasteiger partial charge in [0, 0.05) is 6.08 Å². The van der Waals surface area contributed by atoms with Crippen LogP contribution in [0.5, 0.6) is 5.75 Å². The zero-order valence-corrected chi connectivity index (χ0v) is 18.3. The highest BCUT2D eigenvalue weighted by Crippen LogP contribution is 2.26. The predicted molar refractivity (Wildman–Crippen MR) is 124 cm³/mol. The van der Waals surface area contributed by atoms with E-state index in [9.17, 15) is 4.79 Å². The first kappa shape index (κ1) is 20.9. The van der Waals surface area contributed by atoms with Crippen molar-refractivity contribution in [3.63, 3.8) is 0 Å². The van der Waals surface area contributed by atoms with Crippen LogP contribution in [0, 0.1) is 0 Å². The molecule has 6 heteroatoms. The SMILES string of the molecule is CCc1ccc(OCc2ccc(/C=C3\NC(=S)N(C(C)c4ccccc4)C3=O)o2)cc1. The van der Waals surface area contributed by atoms with Crippen LogP contribution >= 0.6 is 12.2 Å². The fourth-order valence-electron chi connectivity index (χ4n) is 3.45. The number of benzene rings is 2. The van der Waals surface area contributed by atoms with E-state index in [1.54, 1.807) is 11.0 Å². The Bertz CT molecular complexity index is 1100. The number of aryl methyl sites for hydroxylation is 1. The van der Waals surface area contributed by atoms with E-state index in [0.29, 0.717) is 28.9 Å². The maximum absolute atomic E-state index is 12.9. The molecule has 0 radical (unpaired) electrons. The molecule has 1 fully saturated rings. The Labute approximate surface area is 187 Å². The summed E-state index contributed by atoms with van der Waals surface area (Å²) in [4.78, 5) is 14.5. The minimum absolute atomic E-state index is 0.167. The number of ether oxygens (including phenoxy) is 1. The van der Waals surface area contributed by atoms with Crippen LogP contribution in [0.1, 0.15) is 42.5 Å². The van der Waals surface area contributed by atoms with E-state index in [1.807, 2.05) is 61.5 Å². The van der Waals surface area contributed by atoms with Gasteiger partial charge in [-0.2, -0.15) is 0 Å². The van der Waals surface area contributed by atoms with Crippen molar-refractivity contribution in [2.45, 2.75) is 32.9 Å². The summed E-state index contributed by atoms with van der Waals surface area (Å²) in [6.07, 6.45) is 2.67. The number of carbonyl (C=O) groups is 1. The molecule has 0 spiro atoms. The van der Waals surface area contributed by atoms with Gasteiger partial charge in [0.25, 0.3) is 5.91 Å². The summed E-state index contributed by atoms with van der Waals surface area (Å²) in [5.74, 6) is 1.85. The fourth-order valence-corrected chi connectivity index (χ4v) is 3.80. The van der Waals surface area contributed by atoms with E-state index >= 15 is 0 Å². The van der Waals surface area contributed by atoms with Crippen LogP contribution in [0.25, 0.3) is 6.08 Å². The second-order valence-electron chi connectivity index (χ2n) is 7.34. The highest BCUT2D eigenvalue weighted by Gasteiger charge is 2.35. The van der Waals surface area contributed by atoms with Crippen LogP contribution in [0.2, 0.25) is 0 Å². The topological polar surface area (TPSA) is 54.7 Å². The molecule has 2 aromatic carbocycles. The lowest BCUT2D eigenvalue weighted by atomic mass is 10.1. The summed E-state index contributed by atoms with van der Waals surface area (Å²) >= 11 is 5.41. The van der Waals surface area contributed by atoms with Crippen molar-refractivity contribution < 1.29 is 13.9 Å². The molecule has 1 aromatic heterocycles. The van der Waals surface area contributed by atoms with Gasteiger partial charge in [0.2, 0.25) is 0 Å². The molecule has 0 aliphatic carbocycles. The van der Waals surface area contributed by atoms with Gasteiger partial charge >= 0.3 is 0 Å². The van der Waals surface area contributed by atoms with E-state index in [-0.39, 0.29) is 11.9 Å². The smallest absolute Gasteiger partial charge is 0.277 e. The lowest BCUT2D eigenvalue weighted by Crippen LogP contribution is -2.33. The van der Waals surface area contributed by atoms with E-state index < -0.39 is 0 Å². The Kier molecular flexibility index (Phi) is 6.18. The second kappa shape index (κ2) is 9.18. The molecule has 3 aromatic rings. The number of amides is 1. The van der Waals surface area contributed by atoms with Crippen molar-refractivity contribution in [3.05, 3.63) is 95.1 Å². The molecule has 0 bridgehead atoms. The average molecular weight is 433 g/mol. The monoisotopic (exact) mass is 432 g/mol. The third-order valence-electron chi connectivity index (χ3n) is 5.26. The Morgan fingerprint density at radius 2 is 1.84 bits per heavy atom. The van der Waals surface area contributed by atoms with Gasteiger partial charge in [0.05, 0.1) is 6.04 Å². The largest absolute Gasteiger partial charge is 0.486 e. The van der Waals surface area contributed by atoms with Crippen molar-refractivity contribution in [3.8, 4) is 5.75 Å². The third kappa shape index (κ3) is 4.70. The van der Waals surface area contributed by atoms with Gasteiger partial charge in [-0.25, -0.2) is 0 Å². The molecule has 1 saturated heterocycles. The minimum Gasteiger partial charge on any atom is -0.486 e. The molecule has 1 N–H and O–H groups in total. The molecule has 1 aliphatic heterocycles. The molecule has 2 heterocycles. The number of rotatable bonds is 7. The van der Waals surface area contributed by atoms with Crippen LogP contribution in [-0.2, 0) is 17.8 Å². The normalized spacial score (nSPS) is 15.9. The van der Waals surface area contributed by atoms with Gasteiger partial charge < -0.3 is 14.5 Å². The minimum atomic E-state index is -0.174. The van der Waals surface area contributed by atoms with Crippen LogP contribution < -0.4 is 10.1 Å². The quantitative estimate of drug-likeness (QED) is 0.409. The zero-order chi connectivity index (χ0) is 21.8. The molecule has 31 heavy (non-hydrogen) atoms. The number of furan rings is 1. The molecule has 1 amide bonds. The lowest BCUT2D eigenvalue weighted by molar-refractivity contribution is -0.123. The van der Waals surface area contributed by atoms with E-state index in [1.165, 1.54) is 5.56 Å². The third-order valence-corrected chi connectivity index (χ3v) is 5.56. The Hall–Kier alpha value is -3.38. The van der Waals surface area contributed by atoms with Gasteiger partial charge in [0.1, 0.15) is 29.6 Å². The van der Waals surface area contributed by atoms with Crippen LogP contribution in [0.15, 0.2) is 76.8 Å². The van der Waals surface area contributed by atoms with Gasteiger partial charge in [-0.05, 0) is 61.0 Å². The zero-order valence-electron chi connectivity index (χ0n) is 17.5. The van der Waals surface area contributed by atoms with Gasteiger partial charge in [-0.3, -0.25) is 9.69 Å². The van der Waals surface area contributed by atoms with E-state index in [0.717, 1.165) is 17.7 Å². The summed E-state index contributed by atoms with van der Waals surface area (Å²) < 4.78 is 11.6. The summed E-state index contributed by atoms with van der Waals surface area (Å²) in [6.45, 7) is 4.39. The van der Waals surface area contributed by atoms with Crippen molar-refractivity contribution in [2.75, 3.05) is 0 Å². The molecular formula is C25H24N2O3S. The number of nitrogens with zero attached hydrogens (tertiary/aromatic N) is 1. The van der Waals surface area contributed by atoms with Crippen LogP contribution in [0.4, 0.5) is 0 Å². The number of hydrogen-bond acceptors (Lipinski definition) is 4. The summed E-state index contributed by atoms with van der Waals surface area (Å²) in [7, 11) is 0. The molecule has 4 rings (SSSR count). The Morgan fingerprint density at radius 3 is 2.55 bits per heavy atom. The maximum Gasteiger partial charge on any atom is 0.277 e. The second-order valence-corrected chi connectivity index (χ2v) is 7.73. The summed E-state index contributed by atoms with van der Waals surface area (Å²) in [5, 5.41) is 3.40. The van der Waals surface area contributed by atoms with E-state index in [2.05, 4.69) is 24.4 Å². The van der Waals surface area contributed by atoms with Crippen molar-refractivity contribution in [2.24, 2.45) is 0 Å². The maximum atomic E-state index is 12.9. The molecule has 1 aliphatic rings. The summed E-state index contributed by atoms with van der Waals surface area (Å²) in [5.41, 5.74) is 2.68. The van der Waals surface area contributed by atoms with Gasteiger partial charge in [-0.1, -0.05) is 49.4 Å². The highest BCUT2D eigenvalue weighted by molar-refractivity contribution is 7.80. The Morgan fingerprint density at radius 1 is 1.10 bits per heavy atom. The standard InChI is InChI=1S/C25H24N2O3S/c1-3-18-9-11-20(12-10-18)29-16-22-14-13-21(30-22)15-23-24(28)27(25(31)26-23)17(2)19-7-5-4-6-8-19/h4-15,17H,3,16H2,1-2H3,(H,26,31)/b23-15-. The number of nitrogens with one attached hydrogen (secondary N) is 1. The number of carbonyl (C=O) groups excluding carboxylic acids is 1. The molecule has 158 valence electrons. The first-order valence-corrected chi connectivity index (χ1v) is 10.7. The Balaban J connectivity index is 1.42. The van der Waals surface area contributed by atoms with Crippen molar-refractivity contribution in [1.82, 2.24) is 10.2 Å². The average Bonchev–Trinajstić information content (AvgIpc) is 3.36. The molecule has 1 atom stereocenters. The van der Waals surface area contributed by atoms with E-state index in [4.69, 9.17) is 21.4 Å². The molecule has 0 saturated carbocycles. The highest BCUT2D eigenvalue weighted by atomic mass is 32.1. The lowest BCUT2D eigenvalue weighted by Gasteiger charge is -2.23.